The summed E-state index contributed by atoms with van der Waals surface area (Å²) < 4.78 is 32.5. The first-order valence-electron chi connectivity index (χ1n) is 9.46. The van der Waals surface area contributed by atoms with Gasteiger partial charge < -0.3 is 10.1 Å². The first kappa shape index (κ1) is 21.2. The SMILES string of the molecule is COC[C@@H](C)NS(=O)(=O)c1ccc(N[C@@H]2CCCc3ccccc32)c([N+](=O)[O-])c1. The number of aryl methyl sites for hydroxylation is 1. The molecule has 9 heteroatoms. The maximum absolute atomic E-state index is 12.5. The molecule has 29 heavy (non-hydrogen) atoms. The van der Waals surface area contributed by atoms with E-state index in [-0.39, 0.29) is 23.2 Å². The molecule has 156 valence electrons. The van der Waals surface area contributed by atoms with E-state index in [2.05, 4.69) is 16.1 Å². The Bertz CT molecular complexity index is 993. The van der Waals surface area contributed by atoms with Crippen LogP contribution < -0.4 is 10.0 Å². The lowest BCUT2D eigenvalue weighted by Gasteiger charge is -2.27. The van der Waals surface area contributed by atoms with E-state index in [9.17, 15) is 18.5 Å². The molecular weight excluding hydrogens is 394 g/mol. The van der Waals surface area contributed by atoms with Crippen molar-refractivity contribution in [1.82, 2.24) is 4.72 Å². The van der Waals surface area contributed by atoms with Gasteiger partial charge in [0.05, 0.1) is 22.5 Å². The number of nitrogens with one attached hydrogen (secondary N) is 2. The highest BCUT2D eigenvalue weighted by molar-refractivity contribution is 7.89. The van der Waals surface area contributed by atoms with E-state index >= 15 is 0 Å². The van der Waals surface area contributed by atoms with Gasteiger partial charge in [0.1, 0.15) is 5.69 Å². The number of hydrogen-bond donors (Lipinski definition) is 2. The molecule has 2 aromatic carbocycles. The number of nitro groups is 1. The molecule has 0 spiro atoms. The van der Waals surface area contributed by atoms with Gasteiger partial charge in [-0.3, -0.25) is 10.1 Å². The molecule has 0 heterocycles. The number of methoxy groups -OCH3 is 1. The lowest BCUT2D eigenvalue weighted by Crippen LogP contribution is -2.35. The number of nitrogens with zero attached hydrogens (tertiary/aromatic N) is 1. The fourth-order valence-electron chi connectivity index (χ4n) is 3.66. The quantitative estimate of drug-likeness (QED) is 0.501. The van der Waals surface area contributed by atoms with Crippen LogP contribution in [0.3, 0.4) is 0 Å². The first-order chi connectivity index (χ1) is 13.8. The number of benzene rings is 2. The van der Waals surface area contributed by atoms with Gasteiger partial charge in [-0.2, -0.15) is 0 Å². The minimum absolute atomic E-state index is 0.0547. The van der Waals surface area contributed by atoms with Gasteiger partial charge in [-0.1, -0.05) is 24.3 Å². The summed E-state index contributed by atoms with van der Waals surface area (Å²) in [6, 6.07) is 11.5. The maximum Gasteiger partial charge on any atom is 0.293 e. The second kappa shape index (κ2) is 8.89. The molecule has 0 amide bonds. The number of ether oxygens (including phenoxy) is 1. The van der Waals surface area contributed by atoms with Crippen LogP contribution in [0.25, 0.3) is 0 Å². The summed E-state index contributed by atoms with van der Waals surface area (Å²) in [6.07, 6.45) is 2.82. The van der Waals surface area contributed by atoms with Gasteiger partial charge >= 0.3 is 0 Å². The third-order valence-corrected chi connectivity index (χ3v) is 6.54. The van der Waals surface area contributed by atoms with Crippen molar-refractivity contribution in [3.63, 3.8) is 0 Å². The van der Waals surface area contributed by atoms with Gasteiger partial charge in [-0.05, 0) is 49.4 Å². The van der Waals surface area contributed by atoms with Crippen molar-refractivity contribution in [3.05, 3.63) is 63.7 Å². The summed E-state index contributed by atoms with van der Waals surface area (Å²) in [7, 11) is -2.43. The summed E-state index contributed by atoms with van der Waals surface area (Å²) in [6.45, 7) is 1.86. The number of anilines is 1. The zero-order valence-electron chi connectivity index (χ0n) is 16.4. The minimum atomic E-state index is -3.90. The molecule has 2 aromatic rings. The molecule has 1 aliphatic carbocycles. The average molecular weight is 420 g/mol. The van der Waals surface area contributed by atoms with E-state index in [0.717, 1.165) is 30.9 Å². The summed E-state index contributed by atoms with van der Waals surface area (Å²) in [5.74, 6) is 0. The van der Waals surface area contributed by atoms with Crippen LogP contribution in [0.1, 0.15) is 36.9 Å². The summed E-state index contributed by atoms with van der Waals surface area (Å²) in [5.41, 5.74) is 2.39. The van der Waals surface area contributed by atoms with E-state index in [1.54, 1.807) is 6.92 Å². The first-order valence-corrected chi connectivity index (χ1v) is 10.9. The molecule has 3 rings (SSSR count). The van der Waals surface area contributed by atoms with Crippen LogP contribution in [-0.4, -0.2) is 33.1 Å². The molecule has 1 aliphatic rings. The Morgan fingerprint density at radius 3 is 2.76 bits per heavy atom. The summed E-state index contributed by atoms with van der Waals surface area (Å²) in [5, 5.41) is 14.9. The Kier molecular flexibility index (Phi) is 6.51. The molecule has 8 nitrogen and oxygen atoms in total. The summed E-state index contributed by atoms with van der Waals surface area (Å²) in [4.78, 5) is 10.9. The Balaban J connectivity index is 1.89. The van der Waals surface area contributed by atoms with Crippen molar-refractivity contribution in [2.45, 2.75) is 43.2 Å². The second-order valence-corrected chi connectivity index (χ2v) is 8.92. The fourth-order valence-corrected chi connectivity index (χ4v) is 4.91. The highest BCUT2D eigenvalue weighted by atomic mass is 32.2. The molecule has 0 radical (unpaired) electrons. The monoisotopic (exact) mass is 419 g/mol. The van der Waals surface area contributed by atoms with Gasteiger partial charge in [0.2, 0.25) is 10.0 Å². The van der Waals surface area contributed by atoms with Gasteiger partial charge in [0.25, 0.3) is 5.69 Å². The predicted molar refractivity (Wildman–Crippen MR) is 110 cm³/mol. The molecule has 0 fully saturated rings. The van der Waals surface area contributed by atoms with Gasteiger partial charge in [0.15, 0.2) is 0 Å². The Hall–Kier alpha value is -2.49. The maximum atomic E-state index is 12.5. The van der Waals surface area contributed by atoms with Crippen molar-refractivity contribution >= 4 is 21.4 Å². The van der Waals surface area contributed by atoms with Crippen molar-refractivity contribution in [3.8, 4) is 0 Å². The van der Waals surface area contributed by atoms with Gasteiger partial charge in [0, 0.05) is 19.2 Å². The molecule has 0 saturated heterocycles. The van der Waals surface area contributed by atoms with Crippen LogP contribution in [0.15, 0.2) is 47.4 Å². The number of hydrogen-bond acceptors (Lipinski definition) is 6. The molecule has 0 saturated carbocycles. The van der Waals surface area contributed by atoms with Crippen LogP contribution >= 0.6 is 0 Å². The number of rotatable bonds is 8. The van der Waals surface area contributed by atoms with Gasteiger partial charge in [-0.15, -0.1) is 0 Å². The van der Waals surface area contributed by atoms with Crippen molar-refractivity contribution in [2.75, 3.05) is 19.0 Å². The zero-order valence-corrected chi connectivity index (χ0v) is 17.2. The molecule has 2 N–H and O–H groups in total. The van der Waals surface area contributed by atoms with Crippen LogP contribution in [0.2, 0.25) is 0 Å². The van der Waals surface area contributed by atoms with Crippen molar-refractivity contribution in [2.24, 2.45) is 0 Å². The topological polar surface area (TPSA) is 111 Å². The normalized spacial score (nSPS) is 17.4. The molecule has 2 atom stereocenters. The average Bonchev–Trinajstić information content (AvgIpc) is 2.68. The number of fused-ring (bicyclic) bond motifs is 1. The van der Waals surface area contributed by atoms with Crippen molar-refractivity contribution < 1.29 is 18.1 Å². The van der Waals surface area contributed by atoms with Crippen LogP contribution in [0, 0.1) is 10.1 Å². The van der Waals surface area contributed by atoms with Crippen LogP contribution in [0.4, 0.5) is 11.4 Å². The molecular formula is C20H25N3O5S. The van der Waals surface area contributed by atoms with E-state index in [1.807, 2.05) is 18.2 Å². The standard InChI is InChI=1S/C20H25N3O5S/c1-14(13-28-2)22-29(26,27)16-10-11-19(20(12-16)23(24)25)21-18-9-5-7-15-6-3-4-8-17(15)18/h3-4,6,8,10-12,14,18,21-22H,5,7,9,13H2,1-2H3/t14-,18-/m1/s1. The lowest BCUT2D eigenvalue weighted by molar-refractivity contribution is -0.384. The summed E-state index contributed by atoms with van der Waals surface area (Å²) >= 11 is 0. The highest BCUT2D eigenvalue weighted by Crippen LogP contribution is 2.36. The van der Waals surface area contributed by atoms with Crippen LogP contribution in [0.5, 0.6) is 0 Å². The number of nitro benzene ring substituents is 1. The number of sulfonamides is 1. The highest BCUT2D eigenvalue weighted by Gasteiger charge is 2.26. The zero-order chi connectivity index (χ0) is 21.0. The Morgan fingerprint density at radius 2 is 2.03 bits per heavy atom. The van der Waals surface area contributed by atoms with Gasteiger partial charge in [-0.25, -0.2) is 13.1 Å². The Labute approximate surface area is 170 Å². The van der Waals surface area contributed by atoms with E-state index < -0.39 is 21.0 Å². The largest absolute Gasteiger partial charge is 0.383 e. The smallest absolute Gasteiger partial charge is 0.293 e. The van der Waals surface area contributed by atoms with E-state index in [1.165, 1.54) is 24.8 Å². The van der Waals surface area contributed by atoms with E-state index in [0.29, 0.717) is 5.69 Å². The lowest BCUT2D eigenvalue weighted by atomic mass is 9.87. The predicted octanol–water partition coefficient (Wildman–Crippen LogP) is 3.40. The molecule has 0 aliphatic heterocycles. The third kappa shape index (κ3) is 4.92. The van der Waals surface area contributed by atoms with Crippen LogP contribution in [-0.2, 0) is 21.2 Å². The molecule has 0 bridgehead atoms. The second-order valence-electron chi connectivity index (χ2n) is 7.20. The third-order valence-electron chi connectivity index (χ3n) is 4.95. The molecule has 0 aromatic heterocycles. The minimum Gasteiger partial charge on any atom is -0.383 e. The fraction of sp³-hybridized carbons (Fsp3) is 0.400. The van der Waals surface area contributed by atoms with E-state index in [4.69, 9.17) is 4.74 Å². The van der Waals surface area contributed by atoms with Crippen molar-refractivity contribution in [1.29, 1.82) is 0 Å². The Morgan fingerprint density at radius 1 is 1.28 bits per heavy atom. The molecule has 0 unspecified atom stereocenters.